The first-order chi connectivity index (χ1) is 16.5. The molecule has 0 aliphatic carbocycles. The topological polar surface area (TPSA) is 91.2 Å². The van der Waals surface area contributed by atoms with E-state index in [1.54, 1.807) is 12.3 Å². The Morgan fingerprint density at radius 1 is 1.00 bits per heavy atom. The first-order valence-corrected chi connectivity index (χ1v) is 12.0. The zero-order valence-corrected chi connectivity index (χ0v) is 20.3. The lowest BCUT2D eigenvalue weighted by molar-refractivity contribution is 0.0991. The fourth-order valence-corrected chi connectivity index (χ4v) is 4.65. The number of piperazine rings is 1. The molecule has 1 fully saturated rings. The zero-order chi connectivity index (χ0) is 23.7. The number of rotatable bonds is 6. The van der Waals surface area contributed by atoms with Crippen LogP contribution in [0.4, 0.5) is 10.9 Å². The van der Waals surface area contributed by atoms with Gasteiger partial charge in [-0.1, -0.05) is 11.3 Å². The quantitative estimate of drug-likeness (QED) is 0.391. The number of aromatic nitrogens is 5. The second-order valence-electron chi connectivity index (χ2n) is 8.69. The molecule has 0 bridgehead atoms. The highest BCUT2D eigenvalue weighted by Crippen LogP contribution is 2.29. The van der Waals surface area contributed by atoms with Crippen LogP contribution in [0.2, 0.25) is 0 Å². The first kappa shape index (κ1) is 22.3. The van der Waals surface area contributed by atoms with Crippen molar-refractivity contribution in [2.75, 3.05) is 57.1 Å². The highest BCUT2D eigenvalue weighted by molar-refractivity contribution is 7.18. The van der Waals surface area contributed by atoms with E-state index < -0.39 is 0 Å². The van der Waals surface area contributed by atoms with Gasteiger partial charge in [-0.05, 0) is 43.4 Å². The summed E-state index contributed by atoms with van der Waals surface area (Å²) in [5.41, 5.74) is 3.02. The molecule has 1 aliphatic rings. The molecule has 0 atom stereocenters. The Morgan fingerprint density at radius 2 is 1.82 bits per heavy atom. The number of carbonyl (C=O) groups is 1. The van der Waals surface area contributed by atoms with Gasteiger partial charge in [0, 0.05) is 63.0 Å². The van der Waals surface area contributed by atoms with Crippen LogP contribution in [0.5, 0.6) is 0 Å². The zero-order valence-electron chi connectivity index (χ0n) is 19.5. The molecule has 4 aromatic rings. The van der Waals surface area contributed by atoms with Crippen LogP contribution in [-0.4, -0.2) is 83.4 Å². The molecule has 0 N–H and O–H groups in total. The smallest absolute Gasteiger partial charge is 0.208 e. The number of hydrogen-bond donors (Lipinski definition) is 0. The van der Waals surface area contributed by atoms with E-state index in [0.717, 1.165) is 58.6 Å². The number of likely N-dealkylation sites (N-methyl/N-ethyl adjacent to an activating group) is 1. The van der Waals surface area contributed by atoms with Gasteiger partial charge in [0.25, 0.3) is 0 Å². The third-order valence-electron chi connectivity index (χ3n) is 5.92. The maximum absolute atomic E-state index is 13.0. The average Bonchev–Trinajstić information content (AvgIpc) is 3.35. The summed E-state index contributed by atoms with van der Waals surface area (Å²) in [7, 11) is 6.01. The van der Waals surface area contributed by atoms with Crippen LogP contribution in [0, 0.1) is 0 Å². The summed E-state index contributed by atoms with van der Waals surface area (Å²) in [5.74, 6) is 0.852. The molecule has 0 radical (unpaired) electrons. The van der Waals surface area contributed by atoms with E-state index in [9.17, 15) is 4.79 Å². The summed E-state index contributed by atoms with van der Waals surface area (Å²) in [4.78, 5) is 24.0. The van der Waals surface area contributed by atoms with Crippen LogP contribution in [-0.2, 0) is 6.42 Å². The first-order valence-electron chi connectivity index (χ1n) is 11.2. The van der Waals surface area contributed by atoms with Gasteiger partial charge in [-0.3, -0.25) is 4.79 Å². The lowest BCUT2D eigenvalue weighted by Gasteiger charge is -2.33. The lowest BCUT2D eigenvalue weighted by Crippen LogP contribution is -2.44. The number of nitrogens with zero attached hydrogens (tertiary/aromatic N) is 8. The minimum absolute atomic E-state index is 0.00216. The number of hydrogen-bond acceptors (Lipinski definition) is 10. The van der Waals surface area contributed by atoms with Crippen molar-refractivity contribution >= 4 is 39.0 Å². The molecule has 3 aromatic heterocycles. The van der Waals surface area contributed by atoms with Gasteiger partial charge in [0.2, 0.25) is 5.13 Å². The molecule has 34 heavy (non-hydrogen) atoms. The Morgan fingerprint density at radius 3 is 2.59 bits per heavy atom. The van der Waals surface area contributed by atoms with Crippen LogP contribution in [0.3, 0.4) is 0 Å². The number of carbonyl (C=O) groups excluding carboxylic acids is 1. The summed E-state index contributed by atoms with van der Waals surface area (Å²) in [5, 5.41) is 19.7. The predicted molar refractivity (Wildman–Crippen MR) is 135 cm³/mol. The minimum Gasteiger partial charge on any atom is -0.354 e. The molecule has 1 aliphatic heterocycles. The SMILES string of the molecule is CN1CCN(c2cc(C(=O)Cc3cc4cc(-c5nnc(N(C)C)s5)ccc4nn3)ccn2)CC1. The maximum Gasteiger partial charge on any atom is 0.208 e. The van der Waals surface area contributed by atoms with E-state index in [4.69, 9.17) is 0 Å². The van der Waals surface area contributed by atoms with E-state index in [0.29, 0.717) is 11.3 Å². The van der Waals surface area contributed by atoms with Crippen LogP contribution < -0.4 is 9.80 Å². The Bertz CT molecular complexity index is 1330. The highest BCUT2D eigenvalue weighted by atomic mass is 32.1. The van der Waals surface area contributed by atoms with Crippen LogP contribution in [0.25, 0.3) is 21.5 Å². The van der Waals surface area contributed by atoms with Gasteiger partial charge in [-0.15, -0.1) is 10.2 Å². The van der Waals surface area contributed by atoms with Crippen LogP contribution >= 0.6 is 11.3 Å². The van der Waals surface area contributed by atoms with Crippen molar-refractivity contribution in [1.82, 2.24) is 30.3 Å². The Hall–Kier alpha value is -3.50. The Labute approximate surface area is 202 Å². The second-order valence-corrected chi connectivity index (χ2v) is 9.64. The molecule has 9 nitrogen and oxygen atoms in total. The van der Waals surface area contributed by atoms with Crippen molar-refractivity contribution in [3.05, 3.63) is 53.9 Å². The maximum atomic E-state index is 13.0. The molecular formula is C24H26N8OS. The molecule has 0 unspecified atom stereocenters. The number of pyridine rings is 1. The third kappa shape index (κ3) is 4.73. The largest absolute Gasteiger partial charge is 0.354 e. The van der Waals surface area contributed by atoms with E-state index in [1.165, 1.54) is 11.3 Å². The summed E-state index contributed by atoms with van der Waals surface area (Å²) >= 11 is 1.53. The van der Waals surface area contributed by atoms with Gasteiger partial charge in [-0.25, -0.2) is 4.98 Å². The van der Waals surface area contributed by atoms with Crippen molar-refractivity contribution in [3.8, 4) is 10.6 Å². The number of anilines is 2. The van der Waals surface area contributed by atoms with Gasteiger partial charge >= 0.3 is 0 Å². The monoisotopic (exact) mass is 474 g/mol. The average molecular weight is 475 g/mol. The van der Waals surface area contributed by atoms with Crippen molar-refractivity contribution < 1.29 is 4.79 Å². The molecule has 1 aromatic carbocycles. The molecule has 0 spiro atoms. The minimum atomic E-state index is 0.00216. The summed E-state index contributed by atoms with van der Waals surface area (Å²) in [6.45, 7) is 3.79. The highest BCUT2D eigenvalue weighted by Gasteiger charge is 2.17. The second kappa shape index (κ2) is 9.40. The lowest BCUT2D eigenvalue weighted by atomic mass is 10.1. The number of ketones is 1. The normalized spacial score (nSPS) is 14.5. The van der Waals surface area contributed by atoms with Gasteiger partial charge in [0.1, 0.15) is 10.8 Å². The molecule has 10 heteroatoms. The standard InChI is InChI=1S/C24H26N8OS/c1-30(2)24-29-28-23(34-24)17-4-5-20-18(12-17)13-19(26-27-20)15-21(33)16-6-7-25-22(14-16)32-10-8-31(3)9-11-32/h4-7,12-14H,8-11,15H2,1-3H3. The predicted octanol–water partition coefficient (Wildman–Crippen LogP) is 2.79. The fraction of sp³-hybridized carbons (Fsp3) is 0.333. The molecule has 0 saturated carbocycles. The molecular weight excluding hydrogens is 448 g/mol. The van der Waals surface area contributed by atoms with Gasteiger partial charge in [0.05, 0.1) is 17.6 Å². The molecule has 174 valence electrons. The van der Waals surface area contributed by atoms with Crippen molar-refractivity contribution in [1.29, 1.82) is 0 Å². The Kier molecular flexibility index (Phi) is 6.16. The van der Waals surface area contributed by atoms with E-state index in [1.807, 2.05) is 49.3 Å². The summed E-state index contributed by atoms with van der Waals surface area (Å²) in [6.07, 6.45) is 1.90. The molecule has 0 amide bonds. The van der Waals surface area contributed by atoms with Crippen LogP contribution in [0.15, 0.2) is 42.6 Å². The number of Topliss-reactive ketones (excluding diaryl/α,β-unsaturated/α-hetero) is 1. The fourth-order valence-electron chi connectivity index (χ4n) is 3.89. The molecule has 1 saturated heterocycles. The van der Waals surface area contributed by atoms with Crippen molar-refractivity contribution in [3.63, 3.8) is 0 Å². The Balaban J connectivity index is 1.35. The van der Waals surface area contributed by atoms with Gasteiger partial charge < -0.3 is 14.7 Å². The van der Waals surface area contributed by atoms with E-state index >= 15 is 0 Å². The molecule has 4 heterocycles. The summed E-state index contributed by atoms with van der Waals surface area (Å²) < 4.78 is 0. The molecule has 5 rings (SSSR count). The van der Waals surface area contributed by atoms with Gasteiger partial charge in [0.15, 0.2) is 5.78 Å². The van der Waals surface area contributed by atoms with Gasteiger partial charge in [-0.2, -0.15) is 10.2 Å². The summed E-state index contributed by atoms with van der Waals surface area (Å²) in [6, 6.07) is 11.5. The third-order valence-corrected chi connectivity index (χ3v) is 7.06. The van der Waals surface area contributed by atoms with Crippen molar-refractivity contribution in [2.24, 2.45) is 0 Å². The van der Waals surface area contributed by atoms with Crippen LogP contribution in [0.1, 0.15) is 16.1 Å². The van der Waals surface area contributed by atoms with Crippen molar-refractivity contribution in [2.45, 2.75) is 6.42 Å². The number of benzene rings is 1. The van der Waals surface area contributed by atoms with E-state index in [-0.39, 0.29) is 12.2 Å². The van der Waals surface area contributed by atoms with E-state index in [2.05, 4.69) is 42.2 Å². The number of fused-ring (bicyclic) bond motifs is 1.